The van der Waals surface area contributed by atoms with Crippen molar-refractivity contribution < 1.29 is 4.79 Å². The second kappa shape index (κ2) is 6.68. The highest BCUT2D eigenvalue weighted by atomic mass is 16.1. The van der Waals surface area contributed by atoms with Crippen molar-refractivity contribution in [1.82, 2.24) is 29.5 Å². The summed E-state index contributed by atoms with van der Waals surface area (Å²) in [6, 6.07) is 9.88. The number of fused-ring (bicyclic) bond motifs is 1. The summed E-state index contributed by atoms with van der Waals surface area (Å²) in [6.07, 6.45) is 5.84. The summed E-state index contributed by atoms with van der Waals surface area (Å²) in [4.78, 5) is 20.7. The van der Waals surface area contributed by atoms with Gasteiger partial charge in [0.15, 0.2) is 5.65 Å². The molecule has 0 unspecified atom stereocenters. The molecule has 1 amide bonds. The first kappa shape index (κ1) is 17.0. The molecule has 1 N–H and O–H groups in total. The normalized spacial score (nSPS) is 11.1. The van der Waals surface area contributed by atoms with Crippen LogP contribution in [0, 0.1) is 13.8 Å². The summed E-state index contributed by atoms with van der Waals surface area (Å²) >= 11 is 0. The lowest BCUT2D eigenvalue weighted by Crippen LogP contribution is -2.19. The smallest absolute Gasteiger partial charge is 0.224 e. The molecule has 3 aromatic heterocycles. The van der Waals surface area contributed by atoms with Crippen molar-refractivity contribution >= 4 is 11.6 Å². The van der Waals surface area contributed by atoms with Gasteiger partial charge in [-0.25, -0.2) is 14.5 Å². The number of amides is 1. The summed E-state index contributed by atoms with van der Waals surface area (Å²) in [7, 11) is 1.64. The van der Waals surface area contributed by atoms with Gasteiger partial charge in [0.25, 0.3) is 0 Å². The first-order chi connectivity index (χ1) is 13.1. The monoisotopic (exact) mass is 360 g/mol. The van der Waals surface area contributed by atoms with Gasteiger partial charge in [0.2, 0.25) is 5.91 Å². The number of hydrogen-bond donors (Lipinski definition) is 1. The number of aryl methyl sites for hydroxylation is 2. The van der Waals surface area contributed by atoms with Crippen molar-refractivity contribution in [2.45, 2.75) is 20.3 Å². The Labute approximate surface area is 156 Å². The molecule has 0 fully saturated rings. The van der Waals surface area contributed by atoms with Crippen LogP contribution in [0.15, 0.2) is 48.9 Å². The first-order valence-corrected chi connectivity index (χ1v) is 8.72. The van der Waals surface area contributed by atoms with Gasteiger partial charge in [-0.15, -0.1) is 0 Å². The summed E-state index contributed by atoms with van der Waals surface area (Å²) in [5.74, 6) is 0.774. The maximum absolute atomic E-state index is 11.5. The molecule has 136 valence electrons. The number of nitrogens with zero attached hydrogens (tertiary/aromatic N) is 5. The fourth-order valence-corrected chi connectivity index (χ4v) is 3.19. The largest absolute Gasteiger partial charge is 0.359 e. The Morgan fingerprint density at radius 1 is 1.19 bits per heavy atom. The molecule has 0 aliphatic carbocycles. The van der Waals surface area contributed by atoms with Crippen molar-refractivity contribution in [3.63, 3.8) is 0 Å². The van der Waals surface area contributed by atoms with E-state index >= 15 is 0 Å². The first-order valence-electron chi connectivity index (χ1n) is 8.72. The fourth-order valence-electron chi connectivity index (χ4n) is 3.19. The maximum atomic E-state index is 11.5. The van der Waals surface area contributed by atoms with Gasteiger partial charge in [0.1, 0.15) is 5.82 Å². The van der Waals surface area contributed by atoms with E-state index in [0.717, 1.165) is 39.7 Å². The SMILES string of the molecule is CNC(=O)Cc1ccc(-n2ccnc2-c2cnn3c(C)cc(C)nc23)cc1. The van der Waals surface area contributed by atoms with Crippen LogP contribution < -0.4 is 5.32 Å². The number of likely N-dealkylation sites (N-methyl/N-ethyl adjacent to an activating group) is 1. The van der Waals surface area contributed by atoms with E-state index in [1.165, 1.54) is 0 Å². The highest BCUT2D eigenvalue weighted by Crippen LogP contribution is 2.25. The van der Waals surface area contributed by atoms with Crippen LogP contribution in [0.4, 0.5) is 0 Å². The second-order valence-corrected chi connectivity index (χ2v) is 6.47. The van der Waals surface area contributed by atoms with E-state index in [-0.39, 0.29) is 5.91 Å². The molecule has 4 aromatic rings. The maximum Gasteiger partial charge on any atom is 0.224 e. The minimum Gasteiger partial charge on any atom is -0.359 e. The number of carbonyl (C=O) groups is 1. The van der Waals surface area contributed by atoms with Crippen LogP contribution in [-0.4, -0.2) is 37.1 Å². The lowest BCUT2D eigenvalue weighted by atomic mass is 10.1. The number of hydrogen-bond acceptors (Lipinski definition) is 4. The molecule has 0 spiro atoms. The minimum absolute atomic E-state index is 0.00533. The molecule has 0 radical (unpaired) electrons. The molecule has 3 heterocycles. The Kier molecular flexibility index (Phi) is 4.19. The van der Waals surface area contributed by atoms with Crippen LogP contribution in [0.25, 0.3) is 22.7 Å². The summed E-state index contributed by atoms with van der Waals surface area (Å²) < 4.78 is 3.83. The average molecular weight is 360 g/mol. The quantitative estimate of drug-likeness (QED) is 0.607. The third-order valence-corrected chi connectivity index (χ3v) is 4.52. The zero-order chi connectivity index (χ0) is 19.0. The second-order valence-electron chi connectivity index (χ2n) is 6.47. The van der Waals surface area contributed by atoms with Crippen LogP contribution in [0.3, 0.4) is 0 Å². The predicted octanol–water partition coefficient (Wildman–Crippen LogP) is 2.49. The van der Waals surface area contributed by atoms with E-state index < -0.39 is 0 Å². The molecule has 0 bridgehead atoms. The minimum atomic E-state index is -0.00533. The lowest BCUT2D eigenvalue weighted by molar-refractivity contribution is -0.119. The number of aromatic nitrogens is 5. The van der Waals surface area contributed by atoms with E-state index in [1.54, 1.807) is 19.4 Å². The van der Waals surface area contributed by atoms with Crippen molar-refractivity contribution in [3.8, 4) is 17.1 Å². The molecule has 1 aromatic carbocycles. The molecule has 0 atom stereocenters. The van der Waals surface area contributed by atoms with Gasteiger partial charge >= 0.3 is 0 Å². The molecule has 27 heavy (non-hydrogen) atoms. The average Bonchev–Trinajstić information content (AvgIpc) is 3.28. The summed E-state index contributed by atoms with van der Waals surface area (Å²) in [5.41, 5.74) is 5.56. The number of nitrogens with one attached hydrogen (secondary N) is 1. The van der Waals surface area contributed by atoms with Crippen molar-refractivity contribution in [1.29, 1.82) is 0 Å². The zero-order valence-corrected chi connectivity index (χ0v) is 15.5. The van der Waals surface area contributed by atoms with Crippen LogP contribution in [0.2, 0.25) is 0 Å². The van der Waals surface area contributed by atoms with E-state index in [9.17, 15) is 4.79 Å². The third-order valence-electron chi connectivity index (χ3n) is 4.52. The Balaban J connectivity index is 1.75. The van der Waals surface area contributed by atoms with Crippen LogP contribution in [-0.2, 0) is 11.2 Å². The van der Waals surface area contributed by atoms with E-state index in [1.807, 2.05) is 59.5 Å². The lowest BCUT2D eigenvalue weighted by Gasteiger charge is -2.09. The molecule has 0 aliphatic rings. The van der Waals surface area contributed by atoms with Crippen molar-refractivity contribution in [2.75, 3.05) is 7.05 Å². The Hall–Kier alpha value is -3.48. The van der Waals surface area contributed by atoms with Gasteiger partial charge in [-0.05, 0) is 37.6 Å². The van der Waals surface area contributed by atoms with Gasteiger partial charge in [-0.3, -0.25) is 9.36 Å². The molecule has 7 heteroatoms. The van der Waals surface area contributed by atoms with Crippen molar-refractivity contribution in [3.05, 3.63) is 65.9 Å². The number of benzene rings is 1. The van der Waals surface area contributed by atoms with Gasteiger partial charge in [0, 0.05) is 36.5 Å². The number of imidazole rings is 1. The Morgan fingerprint density at radius 3 is 2.70 bits per heavy atom. The van der Waals surface area contributed by atoms with Crippen LogP contribution >= 0.6 is 0 Å². The zero-order valence-electron chi connectivity index (χ0n) is 15.5. The van der Waals surface area contributed by atoms with Gasteiger partial charge in [-0.2, -0.15) is 5.10 Å². The highest BCUT2D eigenvalue weighted by Gasteiger charge is 2.16. The third kappa shape index (κ3) is 3.08. The molecular formula is C20H20N6O. The van der Waals surface area contributed by atoms with Crippen LogP contribution in [0.5, 0.6) is 0 Å². The van der Waals surface area contributed by atoms with Crippen molar-refractivity contribution in [2.24, 2.45) is 0 Å². The van der Waals surface area contributed by atoms with Gasteiger partial charge in [0.05, 0.1) is 18.2 Å². The van der Waals surface area contributed by atoms with E-state index in [2.05, 4.69) is 20.4 Å². The number of carbonyl (C=O) groups excluding carboxylic acids is 1. The van der Waals surface area contributed by atoms with E-state index in [4.69, 9.17) is 0 Å². The molecule has 0 saturated carbocycles. The summed E-state index contributed by atoms with van der Waals surface area (Å²) in [6.45, 7) is 3.98. The van der Waals surface area contributed by atoms with E-state index in [0.29, 0.717) is 6.42 Å². The fraction of sp³-hybridized carbons (Fsp3) is 0.200. The summed E-state index contributed by atoms with van der Waals surface area (Å²) in [5, 5.41) is 7.10. The standard InChI is InChI=1S/C20H20N6O/c1-13-10-14(2)26-20(24-13)17(12-23-26)19-22-8-9-25(19)16-6-4-15(5-7-16)11-18(27)21-3/h4-10,12H,11H2,1-3H3,(H,21,27). The van der Waals surface area contributed by atoms with Crippen LogP contribution in [0.1, 0.15) is 17.0 Å². The Morgan fingerprint density at radius 2 is 1.96 bits per heavy atom. The highest BCUT2D eigenvalue weighted by molar-refractivity contribution is 5.78. The molecule has 7 nitrogen and oxygen atoms in total. The number of rotatable bonds is 4. The van der Waals surface area contributed by atoms with Gasteiger partial charge in [-0.1, -0.05) is 12.1 Å². The molecule has 0 aliphatic heterocycles. The molecule has 4 rings (SSSR count). The molecular weight excluding hydrogens is 340 g/mol. The predicted molar refractivity (Wildman–Crippen MR) is 103 cm³/mol. The van der Waals surface area contributed by atoms with Gasteiger partial charge < -0.3 is 5.32 Å². The topological polar surface area (TPSA) is 77.1 Å². The molecule has 0 saturated heterocycles. The Bertz CT molecular complexity index is 1120.